The van der Waals surface area contributed by atoms with Crippen LogP contribution in [0.4, 0.5) is 10.1 Å². The smallest absolute Gasteiger partial charge is 0.261 e. The van der Waals surface area contributed by atoms with Crippen molar-refractivity contribution in [1.29, 1.82) is 0 Å². The molecule has 1 aliphatic rings. The number of carbonyl (C=O) groups is 1. The Hall–Kier alpha value is -2.45. The average Bonchev–Trinajstić information content (AvgIpc) is 2.62. The number of ether oxygens (including phenoxy) is 1. The van der Waals surface area contributed by atoms with Gasteiger partial charge < -0.3 is 9.64 Å². The fourth-order valence-electron chi connectivity index (χ4n) is 2.74. The van der Waals surface area contributed by atoms with Crippen molar-refractivity contribution < 1.29 is 22.3 Å². The van der Waals surface area contributed by atoms with Crippen LogP contribution in [0.25, 0.3) is 0 Å². The van der Waals surface area contributed by atoms with Crippen LogP contribution in [-0.4, -0.2) is 45.0 Å². The van der Waals surface area contributed by atoms with E-state index in [0.29, 0.717) is 25.3 Å². The Morgan fingerprint density at radius 1 is 1.23 bits per heavy atom. The third-order valence-corrected chi connectivity index (χ3v) is 5.51. The molecule has 2 aromatic rings. The number of halogens is 1. The fraction of sp³-hybridized carbons (Fsp3) is 0.278. The second-order valence-electron chi connectivity index (χ2n) is 6.06. The third kappa shape index (κ3) is 4.03. The first-order valence-electron chi connectivity index (χ1n) is 8.14. The molecule has 3 rings (SSSR count). The summed E-state index contributed by atoms with van der Waals surface area (Å²) in [5, 5.41) is 0. The van der Waals surface area contributed by atoms with E-state index in [9.17, 15) is 17.6 Å². The first kappa shape index (κ1) is 18.3. The average molecular weight is 378 g/mol. The van der Waals surface area contributed by atoms with Crippen molar-refractivity contribution in [2.45, 2.75) is 17.9 Å². The summed E-state index contributed by atoms with van der Waals surface area (Å²) in [6.45, 7) is 3.35. The van der Waals surface area contributed by atoms with Crippen LogP contribution < -0.4 is 4.72 Å². The molecule has 0 aliphatic carbocycles. The van der Waals surface area contributed by atoms with Crippen molar-refractivity contribution in [2.75, 3.05) is 24.5 Å². The van der Waals surface area contributed by atoms with Crippen LogP contribution in [0, 0.1) is 5.82 Å². The Labute approximate surface area is 151 Å². The van der Waals surface area contributed by atoms with Crippen LogP contribution in [0.3, 0.4) is 0 Å². The summed E-state index contributed by atoms with van der Waals surface area (Å²) < 4.78 is 45.5. The van der Waals surface area contributed by atoms with Gasteiger partial charge in [0.2, 0.25) is 0 Å². The molecule has 1 saturated heterocycles. The van der Waals surface area contributed by atoms with Gasteiger partial charge in [-0.3, -0.25) is 9.52 Å². The van der Waals surface area contributed by atoms with Gasteiger partial charge in [-0.15, -0.1) is 0 Å². The van der Waals surface area contributed by atoms with E-state index >= 15 is 0 Å². The molecule has 138 valence electrons. The van der Waals surface area contributed by atoms with E-state index in [2.05, 4.69) is 4.72 Å². The molecule has 1 fully saturated rings. The maximum absolute atomic E-state index is 13.0. The number of nitrogens with one attached hydrogen (secondary N) is 1. The SMILES string of the molecule is CC1COCCN1C(=O)c1cccc(NS(=O)(=O)c2ccc(F)cc2)c1. The van der Waals surface area contributed by atoms with E-state index < -0.39 is 15.8 Å². The summed E-state index contributed by atoms with van der Waals surface area (Å²) in [5.74, 6) is -0.695. The Morgan fingerprint density at radius 2 is 1.96 bits per heavy atom. The molecule has 1 atom stereocenters. The van der Waals surface area contributed by atoms with Gasteiger partial charge >= 0.3 is 0 Å². The first-order valence-corrected chi connectivity index (χ1v) is 9.62. The number of nitrogens with zero attached hydrogens (tertiary/aromatic N) is 1. The molecule has 1 amide bonds. The highest BCUT2D eigenvalue weighted by Crippen LogP contribution is 2.19. The molecule has 6 nitrogen and oxygen atoms in total. The molecular weight excluding hydrogens is 359 g/mol. The highest BCUT2D eigenvalue weighted by Gasteiger charge is 2.25. The largest absolute Gasteiger partial charge is 0.377 e. The van der Waals surface area contributed by atoms with Crippen LogP contribution >= 0.6 is 0 Å². The third-order valence-electron chi connectivity index (χ3n) is 4.11. The molecule has 1 heterocycles. The van der Waals surface area contributed by atoms with Gasteiger partial charge in [0.15, 0.2) is 0 Å². The summed E-state index contributed by atoms with van der Waals surface area (Å²) in [4.78, 5) is 14.3. The summed E-state index contributed by atoms with van der Waals surface area (Å²) in [5.41, 5.74) is 0.652. The monoisotopic (exact) mass is 378 g/mol. The maximum Gasteiger partial charge on any atom is 0.261 e. The summed E-state index contributed by atoms with van der Waals surface area (Å²) in [7, 11) is -3.87. The predicted octanol–water partition coefficient (Wildman–Crippen LogP) is 2.49. The lowest BCUT2D eigenvalue weighted by molar-refractivity contribution is 0.00360. The van der Waals surface area contributed by atoms with Crippen LogP contribution in [0.1, 0.15) is 17.3 Å². The lowest BCUT2D eigenvalue weighted by Crippen LogP contribution is -2.47. The van der Waals surface area contributed by atoms with Gasteiger partial charge in [-0.05, 0) is 49.4 Å². The maximum atomic E-state index is 13.0. The minimum absolute atomic E-state index is 0.0455. The molecule has 0 bridgehead atoms. The van der Waals surface area contributed by atoms with E-state index in [4.69, 9.17) is 4.74 Å². The van der Waals surface area contributed by atoms with E-state index in [1.807, 2.05) is 6.92 Å². The first-order chi connectivity index (χ1) is 12.4. The standard InChI is InChI=1S/C18H19FN2O4S/c1-13-12-25-10-9-21(13)18(22)14-3-2-4-16(11-14)20-26(23,24)17-7-5-15(19)6-8-17/h2-8,11,13,20H,9-10,12H2,1H3. The number of anilines is 1. The van der Waals surface area contributed by atoms with Crippen molar-refractivity contribution in [2.24, 2.45) is 0 Å². The minimum atomic E-state index is -3.87. The molecule has 26 heavy (non-hydrogen) atoms. The number of sulfonamides is 1. The number of amides is 1. The molecule has 1 aliphatic heterocycles. The highest BCUT2D eigenvalue weighted by molar-refractivity contribution is 7.92. The van der Waals surface area contributed by atoms with Gasteiger partial charge in [0.25, 0.3) is 15.9 Å². The van der Waals surface area contributed by atoms with Crippen molar-refractivity contribution in [3.8, 4) is 0 Å². The van der Waals surface area contributed by atoms with Gasteiger partial charge in [0.05, 0.1) is 24.2 Å². The van der Waals surface area contributed by atoms with Crippen LogP contribution in [0.5, 0.6) is 0 Å². The molecule has 0 saturated carbocycles. The van der Waals surface area contributed by atoms with Crippen molar-refractivity contribution >= 4 is 21.6 Å². The Balaban J connectivity index is 1.81. The Kier molecular flexibility index (Phi) is 5.24. The van der Waals surface area contributed by atoms with Gasteiger partial charge in [0.1, 0.15) is 5.82 Å². The molecule has 0 aromatic heterocycles. The fourth-order valence-corrected chi connectivity index (χ4v) is 3.79. The number of benzene rings is 2. The summed E-state index contributed by atoms with van der Waals surface area (Å²) in [6, 6.07) is 10.8. The van der Waals surface area contributed by atoms with Gasteiger partial charge in [-0.25, -0.2) is 12.8 Å². The number of morpholine rings is 1. The topological polar surface area (TPSA) is 75.7 Å². The molecule has 1 unspecified atom stereocenters. The van der Waals surface area contributed by atoms with E-state index in [1.165, 1.54) is 18.2 Å². The second kappa shape index (κ2) is 7.43. The predicted molar refractivity (Wildman–Crippen MR) is 95.0 cm³/mol. The van der Waals surface area contributed by atoms with Gasteiger partial charge in [-0.1, -0.05) is 6.07 Å². The second-order valence-corrected chi connectivity index (χ2v) is 7.75. The van der Waals surface area contributed by atoms with Crippen LogP contribution in [0.2, 0.25) is 0 Å². The zero-order chi connectivity index (χ0) is 18.7. The zero-order valence-corrected chi connectivity index (χ0v) is 15.0. The molecular formula is C18H19FN2O4S. The summed E-state index contributed by atoms with van der Waals surface area (Å²) in [6.07, 6.45) is 0. The van der Waals surface area contributed by atoms with Crippen molar-refractivity contribution in [3.05, 3.63) is 59.9 Å². The Bertz CT molecular complexity index is 900. The van der Waals surface area contributed by atoms with E-state index in [0.717, 1.165) is 12.1 Å². The zero-order valence-electron chi connectivity index (χ0n) is 14.2. The van der Waals surface area contributed by atoms with Crippen LogP contribution in [-0.2, 0) is 14.8 Å². The molecule has 8 heteroatoms. The van der Waals surface area contributed by atoms with Crippen molar-refractivity contribution in [1.82, 2.24) is 4.90 Å². The summed E-state index contributed by atoms with van der Waals surface area (Å²) >= 11 is 0. The molecule has 2 aromatic carbocycles. The van der Waals surface area contributed by atoms with Crippen LogP contribution in [0.15, 0.2) is 53.4 Å². The number of hydrogen-bond donors (Lipinski definition) is 1. The molecule has 1 N–H and O–H groups in total. The number of carbonyl (C=O) groups excluding carboxylic acids is 1. The number of rotatable bonds is 4. The molecule has 0 radical (unpaired) electrons. The minimum Gasteiger partial charge on any atom is -0.377 e. The van der Waals surface area contributed by atoms with E-state index in [-0.39, 0.29) is 22.5 Å². The lowest BCUT2D eigenvalue weighted by Gasteiger charge is -2.33. The molecule has 0 spiro atoms. The van der Waals surface area contributed by atoms with E-state index in [1.54, 1.807) is 23.1 Å². The number of hydrogen-bond acceptors (Lipinski definition) is 4. The highest BCUT2D eigenvalue weighted by atomic mass is 32.2. The quantitative estimate of drug-likeness (QED) is 0.887. The van der Waals surface area contributed by atoms with Gasteiger partial charge in [0, 0.05) is 17.8 Å². The van der Waals surface area contributed by atoms with Crippen molar-refractivity contribution in [3.63, 3.8) is 0 Å². The Morgan fingerprint density at radius 3 is 2.65 bits per heavy atom. The normalized spacial score (nSPS) is 17.8. The van der Waals surface area contributed by atoms with Gasteiger partial charge in [-0.2, -0.15) is 0 Å². The lowest BCUT2D eigenvalue weighted by atomic mass is 10.1.